The maximum absolute atomic E-state index is 9.52. The minimum atomic E-state index is -1.18. The van der Waals surface area contributed by atoms with Gasteiger partial charge in [-0.2, -0.15) is 5.48 Å². The molecular weight excluding hydrogens is 166 g/mol. The Morgan fingerprint density at radius 3 is 2.83 bits per heavy atom. The van der Waals surface area contributed by atoms with Crippen LogP contribution in [0.3, 0.4) is 0 Å². The van der Waals surface area contributed by atoms with Crippen LogP contribution in [-0.2, 0) is 9.57 Å². The predicted molar refractivity (Wildman–Crippen MR) is 35.8 cm³/mol. The normalized spacial score (nSPS) is 52.8. The van der Waals surface area contributed by atoms with Crippen molar-refractivity contribution < 1.29 is 24.9 Å². The lowest BCUT2D eigenvalue weighted by Gasteiger charge is -2.33. The lowest BCUT2D eigenvalue weighted by atomic mass is 9.95. The van der Waals surface area contributed by atoms with Crippen molar-refractivity contribution in [3.8, 4) is 0 Å². The average molecular weight is 177 g/mol. The molecule has 0 amide bonds. The van der Waals surface area contributed by atoms with E-state index in [9.17, 15) is 10.2 Å². The predicted octanol–water partition coefficient (Wildman–Crippen LogP) is -2.67. The number of aliphatic hydroxyl groups excluding tert-OH is 3. The largest absolute Gasteiger partial charge is 0.393 e. The number of nitrogens with one attached hydrogen (secondary N) is 1. The molecule has 70 valence electrons. The maximum Gasteiger partial charge on any atom is 0.186 e. The summed E-state index contributed by atoms with van der Waals surface area (Å²) in [6.07, 6.45) is -2.98. The van der Waals surface area contributed by atoms with Crippen molar-refractivity contribution in [2.75, 3.05) is 13.2 Å². The highest BCUT2D eigenvalue weighted by atomic mass is 16.7. The van der Waals surface area contributed by atoms with Crippen molar-refractivity contribution >= 4 is 0 Å². The molecular formula is C6H11NO5. The second-order valence-electron chi connectivity index (χ2n) is 3.08. The van der Waals surface area contributed by atoms with Gasteiger partial charge in [-0.25, -0.2) is 0 Å². The summed E-state index contributed by atoms with van der Waals surface area (Å²) in [5.41, 5.74) is 1.39. The molecule has 6 nitrogen and oxygen atoms in total. The molecule has 2 bridgehead atoms. The van der Waals surface area contributed by atoms with Gasteiger partial charge >= 0.3 is 0 Å². The summed E-state index contributed by atoms with van der Waals surface area (Å²) >= 11 is 0. The van der Waals surface area contributed by atoms with Crippen LogP contribution < -0.4 is 5.48 Å². The van der Waals surface area contributed by atoms with Crippen molar-refractivity contribution in [1.29, 1.82) is 0 Å². The number of fused-ring (bicyclic) bond motifs is 2. The van der Waals surface area contributed by atoms with E-state index in [1.165, 1.54) is 0 Å². The van der Waals surface area contributed by atoms with Crippen molar-refractivity contribution in [3.05, 3.63) is 0 Å². The zero-order chi connectivity index (χ0) is 8.77. The first-order valence-corrected chi connectivity index (χ1v) is 3.73. The van der Waals surface area contributed by atoms with Gasteiger partial charge in [-0.1, -0.05) is 0 Å². The zero-order valence-corrected chi connectivity index (χ0v) is 6.30. The first-order valence-electron chi connectivity index (χ1n) is 3.73. The Morgan fingerprint density at radius 1 is 1.50 bits per heavy atom. The number of hydrogen-bond donors (Lipinski definition) is 4. The van der Waals surface area contributed by atoms with Gasteiger partial charge in [0.2, 0.25) is 0 Å². The fraction of sp³-hybridized carbons (Fsp3) is 1.00. The number of hydrogen-bond acceptors (Lipinski definition) is 6. The quantitative estimate of drug-likeness (QED) is 0.349. The van der Waals surface area contributed by atoms with E-state index in [-0.39, 0.29) is 13.2 Å². The molecule has 2 aliphatic rings. The topological polar surface area (TPSA) is 91.2 Å². The van der Waals surface area contributed by atoms with Crippen LogP contribution in [0, 0.1) is 0 Å². The van der Waals surface area contributed by atoms with Crippen LogP contribution in [0.4, 0.5) is 0 Å². The minimum absolute atomic E-state index is 0.165. The molecule has 0 aliphatic carbocycles. The molecule has 2 saturated heterocycles. The summed E-state index contributed by atoms with van der Waals surface area (Å²) in [5, 5.41) is 27.7. The van der Waals surface area contributed by atoms with Crippen molar-refractivity contribution in [3.63, 3.8) is 0 Å². The summed E-state index contributed by atoms with van der Waals surface area (Å²) in [7, 11) is 0. The van der Waals surface area contributed by atoms with Gasteiger partial charge in [0.1, 0.15) is 11.7 Å². The van der Waals surface area contributed by atoms with Gasteiger partial charge in [-0.05, 0) is 0 Å². The van der Waals surface area contributed by atoms with Gasteiger partial charge in [0.15, 0.2) is 12.4 Å². The van der Waals surface area contributed by atoms with Gasteiger partial charge in [-0.3, -0.25) is 4.84 Å². The van der Waals surface area contributed by atoms with E-state index >= 15 is 0 Å². The molecule has 4 atom stereocenters. The van der Waals surface area contributed by atoms with Gasteiger partial charge in [0.25, 0.3) is 0 Å². The van der Waals surface area contributed by atoms with Gasteiger partial charge < -0.3 is 20.1 Å². The number of hydroxylamine groups is 1. The number of rotatable bonds is 1. The molecule has 0 aromatic heterocycles. The van der Waals surface area contributed by atoms with Crippen LogP contribution in [0.2, 0.25) is 0 Å². The molecule has 12 heavy (non-hydrogen) atoms. The summed E-state index contributed by atoms with van der Waals surface area (Å²) in [6.45, 7) is -0.184. The minimum Gasteiger partial charge on any atom is -0.393 e. The van der Waals surface area contributed by atoms with E-state index in [0.29, 0.717) is 0 Å². The van der Waals surface area contributed by atoms with E-state index in [2.05, 4.69) is 5.48 Å². The molecule has 0 aromatic rings. The molecule has 2 fully saturated rings. The Morgan fingerprint density at radius 2 is 2.25 bits per heavy atom. The van der Waals surface area contributed by atoms with E-state index in [1.54, 1.807) is 0 Å². The monoisotopic (exact) mass is 177 g/mol. The van der Waals surface area contributed by atoms with Gasteiger partial charge in [0.05, 0.1) is 13.2 Å². The molecule has 4 N–H and O–H groups in total. The highest BCUT2D eigenvalue weighted by Crippen LogP contribution is 2.33. The lowest BCUT2D eigenvalue weighted by molar-refractivity contribution is -0.163. The Kier molecular flexibility index (Phi) is 1.83. The molecule has 0 spiro atoms. The molecule has 2 rings (SSSR count). The van der Waals surface area contributed by atoms with E-state index in [0.717, 1.165) is 0 Å². The lowest BCUT2D eigenvalue weighted by Crippen LogP contribution is -2.58. The molecule has 6 heteroatoms. The fourth-order valence-electron chi connectivity index (χ4n) is 1.55. The maximum atomic E-state index is 9.52. The molecule has 0 aromatic carbocycles. The van der Waals surface area contributed by atoms with Crippen LogP contribution in [0.1, 0.15) is 0 Å². The standard InChI is InChI=1S/C6H11NO5/c8-2-6-1-7-12-3(4(6)9)5(10)11-6/h3-5,7-10H,1-2H2/t3?,4-,5-,6-/m1/s1. The van der Waals surface area contributed by atoms with E-state index < -0.39 is 24.1 Å². The van der Waals surface area contributed by atoms with Crippen LogP contribution in [-0.4, -0.2) is 52.6 Å². The molecule has 2 heterocycles. The molecule has 0 saturated carbocycles. The highest BCUT2D eigenvalue weighted by molar-refractivity contribution is 5.02. The number of ether oxygens (including phenoxy) is 1. The second kappa shape index (κ2) is 2.63. The van der Waals surface area contributed by atoms with E-state index in [4.69, 9.17) is 14.7 Å². The fourth-order valence-corrected chi connectivity index (χ4v) is 1.55. The second-order valence-corrected chi connectivity index (χ2v) is 3.08. The van der Waals surface area contributed by atoms with Gasteiger partial charge in [0, 0.05) is 0 Å². The molecule has 2 aliphatic heterocycles. The van der Waals surface area contributed by atoms with Crippen LogP contribution in [0.25, 0.3) is 0 Å². The Hall–Kier alpha value is -0.240. The highest BCUT2D eigenvalue weighted by Gasteiger charge is 2.57. The van der Waals surface area contributed by atoms with Crippen LogP contribution in [0.15, 0.2) is 0 Å². The first-order chi connectivity index (χ1) is 5.69. The Bertz CT molecular complexity index is 189. The van der Waals surface area contributed by atoms with Crippen LogP contribution in [0.5, 0.6) is 0 Å². The van der Waals surface area contributed by atoms with Gasteiger partial charge in [-0.15, -0.1) is 0 Å². The van der Waals surface area contributed by atoms with Crippen molar-refractivity contribution in [1.82, 2.24) is 5.48 Å². The SMILES string of the molecule is OC[C@@]12CNOC([C@H](O)O1)[C@H]2O. The third-order valence-electron chi connectivity index (χ3n) is 2.35. The molecule has 1 unspecified atom stereocenters. The van der Waals surface area contributed by atoms with Crippen molar-refractivity contribution in [2.45, 2.75) is 24.1 Å². The summed E-state index contributed by atoms with van der Waals surface area (Å²) in [5.74, 6) is 0. The van der Waals surface area contributed by atoms with Crippen molar-refractivity contribution in [2.24, 2.45) is 0 Å². The third kappa shape index (κ3) is 0.905. The smallest absolute Gasteiger partial charge is 0.186 e. The summed E-state index contributed by atoms with van der Waals surface area (Å²) in [6, 6.07) is 0. The van der Waals surface area contributed by atoms with E-state index in [1.807, 2.05) is 0 Å². The molecule has 0 radical (unpaired) electrons. The van der Waals surface area contributed by atoms with Crippen LogP contribution >= 0.6 is 0 Å². The zero-order valence-electron chi connectivity index (χ0n) is 6.30. The average Bonchev–Trinajstić information content (AvgIpc) is 2.23. The summed E-state index contributed by atoms with van der Waals surface area (Å²) in [4.78, 5) is 4.83. The third-order valence-corrected chi connectivity index (χ3v) is 2.35. The Labute approximate surface area is 68.7 Å². The summed E-state index contributed by atoms with van der Waals surface area (Å²) < 4.78 is 5.00. The Balaban J connectivity index is 2.24. The number of aliphatic hydroxyl groups is 3. The first kappa shape index (κ1) is 8.36.